The second-order valence-corrected chi connectivity index (χ2v) is 3.57. The number of aliphatic hydroxyl groups excluding tert-OH is 1. The molecule has 1 aromatic carbocycles. The van der Waals surface area contributed by atoms with Crippen LogP contribution in [0.25, 0.3) is 0 Å². The molecular formula is C13H11NO4. The van der Waals surface area contributed by atoms with Crippen LogP contribution < -0.4 is 4.74 Å². The topological polar surface area (TPSA) is 79.7 Å². The van der Waals surface area contributed by atoms with Gasteiger partial charge in [-0.15, -0.1) is 0 Å². The molecule has 92 valence electrons. The normalized spacial score (nSPS) is 10.1. The van der Waals surface area contributed by atoms with Gasteiger partial charge in [0.15, 0.2) is 5.69 Å². The Hall–Kier alpha value is -2.40. The second kappa shape index (κ2) is 5.29. The van der Waals surface area contributed by atoms with Crippen molar-refractivity contribution in [3.05, 3.63) is 53.7 Å². The molecule has 18 heavy (non-hydrogen) atoms. The first-order valence-corrected chi connectivity index (χ1v) is 5.27. The first-order valence-electron chi connectivity index (χ1n) is 5.27. The quantitative estimate of drug-likeness (QED) is 0.861. The van der Waals surface area contributed by atoms with E-state index in [1.165, 1.54) is 6.07 Å². The number of benzene rings is 1. The lowest BCUT2D eigenvalue weighted by molar-refractivity contribution is 0.0689. The summed E-state index contributed by atoms with van der Waals surface area (Å²) in [5, 5.41) is 17.7. The highest BCUT2D eigenvalue weighted by Gasteiger charge is 2.06. The van der Waals surface area contributed by atoms with Gasteiger partial charge in [-0.25, -0.2) is 9.78 Å². The SMILES string of the molecule is O=C(O)c1cccc(Oc2ccc(CO)cc2)n1. The molecule has 0 aliphatic carbocycles. The van der Waals surface area contributed by atoms with Gasteiger partial charge in [-0.2, -0.15) is 0 Å². The Morgan fingerprint density at radius 3 is 2.50 bits per heavy atom. The zero-order valence-electron chi connectivity index (χ0n) is 9.41. The summed E-state index contributed by atoms with van der Waals surface area (Å²) in [6.45, 7) is -0.0347. The number of carboxylic acid groups (broad SMARTS) is 1. The zero-order chi connectivity index (χ0) is 13.0. The smallest absolute Gasteiger partial charge is 0.354 e. The molecular weight excluding hydrogens is 234 g/mol. The van der Waals surface area contributed by atoms with Gasteiger partial charge in [-0.05, 0) is 23.8 Å². The van der Waals surface area contributed by atoms with Crippen LogP contribution in [-0.2, 0) is 6.61 Å². The average Bonchev–Trinajstić information content (AvgIpc) is 2.40. The fourth-order valence-electron chi connectivity index (χ4n) is 1.37. The van der Waals surface area contributed by atoms with E-state index < -0.39 is 5.97 Å². The molecule has 0 unspecified atom stereocenters. The van der Waals surface area contributed by atoms with Crippen molar-refractivity contribution in [1.82, 2.24) is 4.98 Å². The van der Waals surface area contributed by atoms with Crippen LogP contribution in [0, 0.1) is 0 Å². The molecule has 0 spiro atoms. The Labute approximate surface area is 103 Å². The molecule has 1 aromatic heterocycles. The van der Waals surface area contributed by atoms with Gasteiger partial charge in [0.1, 0.15) is 5.75 Å². The molecule has 5 nitrogen and oxygen atoms in total. The number of nitrogens with zero attached hydrogens (tertiary/aromatic N) is 1. The molecule has 0 atom stereocenters. The Bertz CT molecular complexity index is 551. The number of aliphatic hydroxyl groups is 1. The molecule has 5 heteroatoms. The van der Waals surface area contributed by atoms with Gasteiger partial charge in [-0.3, -0.25) is 0 Å². The molecule has 0 amide bonds. The van der Waals surface area contributed by atoms with Crippen molar-refractivity contribution in [3.8, 4) is 11.6 Å². The third-order valence-corrected chi connectivity index (χ3v) is 2.27. The van der Waals surface area contributed by atoms with Crippen LogP contribution in [0.4, 0.5) is 0 Å². The van der Waals surface area contributed by atoms with Crippen LogP contribution in [0.5, 0.6) is 11.6 Å². The molecule has 1 heterocycles. The molecule has 0 saturated heterocycles. The maximum atomic E-state index is 10.7. The lowest BCUT2D eigenvalue weighted by atomic mass is 10.2. The molecule has 0 bridgehead atoms. The summed E-state index contributed by atoms with van der Waals surface area (Å²) < 4.78 is 5.41. The first kappa shape index (κ1) is 12.1. The Morgan fingerprint density at radius 2 is 1.89 bits per heavy atom. The third kappa shape index (κ3) is 2.83. The van der Waals surface area contributed by atoms with Gasteiger partial charge in [-0.1, -0.05) is 18.2 Å². The number of carboxylic acids is 1. The van der Waals surface area contributed by atoms with Crippen LogP contribution in [0.3, 0.4) is 0 Å². The highest BCUT2D eigenvalue weighted by molar-refractivity contribution is 5.85. The largest absolute Gasteiger partial charge is 0.477 e. The van der Waals surface area contributed by atoms with Crippen molar-refractivity contribution in [2.45, 2.75) is 6.61 Å². The van der Waals surface area contributed by atoms with Crippen LogP contribution in [-0.4, -0.2) is 21.2 Å². The molecule has 0 aliphatic heterocycles. The van der Waals surface area contributed by atoms with E-state index in [1.807, 2.05) is 0 Å². The van der Waals surface area contributed by atoms with Crippen LogP contribution in [0.2, 0.25) is 0 Å². The van der Waals surface area contributed by atoms with Crippen molar-refractivity contribution in [1.29, 1.82) is 0 Å². The summed E-state index contributed by atoms with van der Waals surface area (Å²) in [6.07, 6.45) is 0. The minimum absolute atomic E-state index is 0.0347. The number of hydrogen-bond acceptors (Lipinski definition) is 4. The Balaban J connectivity index is 2.17. The molecule has 0 fully saturated rings. The molecule has 0 aliphatic rings. The first-order chi connectivity index (χ1) is 8.69. The maximum Gasteiger partial charge on any atom is 0.354 e. The molecule has 2 aromatic rings. The monoisotopic (exact) mass is 245 g/mol. The standard InChI is InChI=1S/C13H11NO4/c15-8-9-4-6-10(7-5-9)18-12-3-1-2-11(14-12)13(16)17/h1-7,15H,8H2,(H,16,17). The Kier molecular flexibility index (Phi) is 3.54. The van der Waals surface area contributed by atoms with Crippen LogP contribution >= 0.6 is 0 Å². The van der Waals surface area contributed by atoms with E-state index in [1.54, 1.807) is 36.4 Å². The number of carbonyl (C=O) groups is 1. The second-order valence-electron chi connectivity index (χ2n) is 3.57. The van der Waals surface area contributed by atoms with E-state index in [0.717, 1.165) is 5.56 Å². The molecule has 2 rings (SSSR count). The van der Waals surface area contributed by atoms with Gasteiger partial charge in [0, 0.05) is 6.07 Å². The van der Waals surface area contributed by atoms with Gasteiger partial charge in [0.25, 0.3) is 0 Å². The van der Waals surface area contributed by atoms with Gasteiger partial charge < -0.3 is 14.9 Å². The highest BCUT2D eigenvalue weighted by atomic mass is 16.5. The summed E-state index contributed by atoms with van der Waals surface area (Å²) >= 11 is 0. The van der Waals surface area contributed by atoms with E-state index in [9.17, 15) is 4.79 Å². The summed E-state index contributed by atoms with van der Waals surface area (Å²) in [5.41, 5.74) is 0.703. The van der Waals surface area contributed by atoms with Crippen molar-refractivity contribution in [2.24, 2.45) is 0 Å². The summed E-state index contributed by atoms with van der Waals surface area (Å²) in [6, 6.07) is 11.3. The summed E-state index contributed by atoms with van der Waals surface area (Å²) in [7, 11) is 0. The fourth-order valence-corrected chi connectivity index (χ4v) is 1.37. The number of aromatic carboxylic acids is 1. The molecule has 2 N–H and O–H groups in total. The molecule has 0 saturated carbocycles. The number of hydrogen-bond donors (Lipinski definition) is 2. The number of pyridine rings is 1. The van der Waals surface area contributed by atoms with Crippen molar-refractivity contribution in [2.75, 3.05) is 0 Å². The number of rotatable bonds is 4. The lowest BCUT2D eigenvalue weighted by Crippen LogP contribution is -2.00. The van der Waals surface area contributed by atoms with E-state index in [-0.39, 0.29) is 18.2 Å². The van der Waals surface area contributed by atoms with E-state index in [4.69, 9.17) is 14.9 Å². The summed E-state index contributed by atoms with van der Waals surface area (Å²) in [5.74, 6) is -0.357. The zero-order valence-corrected chi connectivity index (χ0v) is 9.41. The van der Waals surface area contributed by atoms with Crippen molar-refractivity contribution >= 4 is 5.97 Å². The highest BCUT2D eigenvalue weighted by Crippen LogP contribution is 2.20. The van der Waals surface area contributed by atoms with Crippen LogP contribution in [0.1, 0.15) is 16.1 Å². The lowest BCUT2D eigenvalue weighted by Gasteiger charge is -2.05. The van der Waals surface area contributed by atoms with E-state index >= 15 is 0 Å². The molecule has 0 radical (unpaired) electrons. The summed E-state index contributed by atoms with van der Waals surface area (Å²) in [4.78, 5) is 14.6. The number of ether oxygens (including phenoxy) is 1. The van der Waals surface area contributed by atoms with Gasteiger partial charge >= 0.3 is 5.97 Å². The minimum Gasteiger partial charge on any atom is -0.477 e. The van der Waals surface area contributed by atoms with Gasteiger partial charge in [0.05, 0.1) is 6.61 Å². The van der Waals surface area contributed by atoms with E-state index in [0.29, 0.717) is 5.75 Å². The minimum atomic E-state index is -1.10. The van der Waals surface area contributed by atoms with Crippen LogP contribution in [0.15, 0.2) is 42.5 Å². The van der Waals surface area contributed by atoms with E-state index in [2.05, 4.69) is 4.98 Å². The maximum absolute atomic E-state index is 10.7. The average molecular weight is 245 g/mol. The number of aromatic nitrogens is 1. The van der Waals surface area contributed by atoms with Crippen molar-refractivity contribution < 1.29 is 19.7 Å². The Morgan fingerprint density at radius 1 is 1.17 bits per heavy atom. The third-order valence-electron chi connectivity index (χ3n) is 2.27. The fraction of sp³-hybridized carbons (Fsp3) is 0.0769. The van der Waals surface area contributed by atoms with Crippen molar-refractivity contribution in [3.63, 3.8) is 0 Å². The predicted octanol–water partition coefficient (Wildman–Crippen LogP) is 2.06. The van der Waals surface area contributed by atoms with Gasteiger partial charge in [0.2, 0.25) is 5.88 Å². The predicted molar refractivity (Wildman–Crippen MR) is 63.6 cm³/mol.